The first-order valence-electron chi connectivity index (χ1n) is 3.39. The van der Waals surface area contributed by atoms with Crippen molar-refractivity contribution in [3.63, 3.8) is 0 Å². The van der Waals surface area contributed by atoms with E-state index < -0.39 is 0 Å². The van der Waals surface area contributed by atoms with Crippen LogP contribution >= 0.6 is 0 Å². The van der Waals surface area contributed by atoms with E-state index in [1.54, 1.807) is 0 Å². The molecule has 1 nitrogen and oxygen atoms in total. The average molecular weight is 214 g/mol. The first kappa shape index (κ1) is 13.5. The van der Waals surface area contributed by atoms with Crippen molar-refractivity contribution in [2.75, 3.05) is 13.2 Å². The van der Waals surface area contributed by atoms with E-state index in [0.29, 0.717) is 0 Å². The summed E-state index contributed by atoms with van der Waals surface area (Å²) in [6.45, 7) is 2.00. The molecule has 0 unspecified atom stereocenters. The van der Waals surface area contributed by atoms with Crippen LogP contribution in [0, 0.1) is 6.42 Å². The largest absolute Gasteiger partial charge is 2.00 e. The second-order valence-electron chi connectivity index (χ2n) is 2.19. The Bertz CT molecular complexity index is 45.2. The summed E-state index contributed by atoms with van der Waals surface area (Å²) >= 11 is 0. The molecule has 0 radical (unpaired) electrons. The van der Waals surface area contributed by atoms with Gasteiger partial charge in [0.25, 0.3) is 0 Å². The fraction of sp³-hybridized carbons (Fsp3) is 0.857. The Morgan fingerprint density at radius 2 is 1.40 bits per heavy atom. The van der Waals surface area contributed by atoms with E-state index >= 15 is 0 Å². The Morgan fingerprint density at radius 3 is 1.50 bits per heavy atom. The molecule has 0 bridgehead atoms. The van der Waals surface area contributed by atoms with Gasteiger partial charge in [0.15, 0.2) is 0 Å². The summed E-state index contributed by atoms with van der Waals surface area (Å²) < 4.78 is 4.94. The van der Waals surface area contributed by atoms with E-state index in [9.17, 15) is 0 Å². The molecule has 10 heavy (non-hydrogen) atoms. The zero-order valence-electron chi connectivity index (χ0n) is 6.31. The fourth-order valence-electron chi connectivity index (χ4n) is 0.510. The van der Waals surface area contributed by atoms with Crippen LogP contribution in [-0.2, 0) is 24.2 Å². The number of hydrogen-bond acceptors (Lipinski definition) is 1. The zero-order valence-corrected chi connectivity index (χ0v) is 10.0. The zero-order chi connectivity index (χ0) is 5.66. The van der Waals surface area contributed by atoms with Crippen LogP contribution in [0.2, 0.25) is 0 Å². The molecule has 0 aromatic rings. The predicted octanol–water partition coefficient (Wildman–Crippen LogP) is -1.22. The van der Waals surface area contributed by atoms with Crippen LogP contribution in [0.5, 0.6) is 0 Å². The van der Waals surface area contributed by atoms with Gasteiger partial charge in [-0.1, -0.05) is 0 Å². The molecule has 1 heterocycles. The molecular formula is C7H13ClOZn. The molecule has 2 rings (SSSR count). The van der Waals surface area contributed by atoms with Crippen molar-refractivity contribution in [1.29, 1.82) is 0 Å². The van der Waals surface area contributed by atoms with Crippen LogP contribution in [0.3, 0.4) is 0 Å². The van der Waals surface area contributed by atoms with Gasteiger partial charge >= 0.3 is 19.5 Å². The van der Waals surface area contributed by atoms with E-state index in [4.69, 9.17) is 4.74 Å². The SMILES string of the molecule is C1CCOC1.[CH-]1CC1.[Cl-].[Zn+2]. The normalized spacial score (nSPS) is 19.2. The van der Waals surface area contributed by atoms with Gasteiger partial charge in [-0.3, -0.25) is 0 Å². The summed E-state index contributed by atoms with van der Waals surface area (Å²) in [5, 5.41) is 0. The molecule has 0 aromatic carbocycles. The molecule has 1 saturated carbocycles. The summed E-state index contributed by atoms with van der Waals surface area (Å²) in [6.07, 6.45) is 7.56. The summed E-state index contributed by atoms with van der Waals surface area (Å²) in [5.74, 6) is 0. The quantitative estimate of drug-likeness (QED) is 0.363. The molecule has 3 heteroatoms. The molecule has 0 N–H and O–H groups in total. The van der Waals surface area contributed by atoms with E-state index in [0.717, 1.165) is 13.2 Å². The van der Waals surface area contributed by atoms with Crippen LogP contribution in [0.4, 0.5) is 0 Å². The van der Waals surface area contributed by atoms with E-state index in [2.05, 4.69) is 6.42 Å². The van der Waals surface area contributed by atoms with Crippen molar-refractivity contribution >= 4 is 0 Å². The monoisotopic (exact) mass is 212 g/mol. The predicted molar refractivity (Wildman–Crippen MR) is 33.6 cm³/mol. The Labute approximate surface area is 82.1 Å². The molecule has 0 spiro atoms. The van der Waals surface area contributed by atoms with Gasteiger partial charge in [0.05, 0.1) is 0 Å². The third-order valence-corrected chi connectivity index (χ3v) is 1.12. The molecule has 1 aliphatic heterocycles. The van der Waals surface area contributed by atoms with Crippen molar-refractivity contribution in [3.05, 3.63) is 6.42 Å². The average Bonchev–Trinajstić information content (AvgIpc) is 2.55. The van der Waals surface area contributed by atoms with E-state index in [-0.39, 0.29) is 31.9 Å². The maximum atomic E-state index is 4.94. The Balaban J connectivity index is 0. The van der Waals surface area contributed by atoms with Crippen LogP contribution in [-0.4, -0.2) is 13.2 Å². The number of rotatable bonds is 0. The topological polar surface area (TPSA) is 9.23 Å². The third kappa shape index (κ3) is 11.6. The Morgan fingerprint density at radius 1 is 1.00 bits per heavy atom. The fourth-order valence-corrected chi connectivity index (χ4v) is 0.510. The van der Waals surface area contributed by atoms with Crippen molar-refractivity contribution < 1.29 is 36.6 Å². The Kier molecular flexibility index (Phi) is 13.3. The molecule has 1 saturated heterocycles. The van der Waals surface area contributed by atoms with Crippen molar-refractivity contribution in [2.24, 2.45) is 0 Å². The maximum absolute atomic E-state index is 4.94. The Hall–Kier alpha value is 0.873. The molecule has 2 fully saturated rings. The van der Waals surface area contributed by atoms with Gasteiger partial charge in [0, 0.05) is 13.2 Å². The molecule has 1 aliphatic carbocycles. The van der Waals surface area contributed by atoms with Crippen LogP contribution in [0.1, 0.15) is 25.7 Å². The molecular weight excluding hydrogens is 201 g/mol. The first-order valence-corrected chi connectivity index (χ1v) is 3.39. The number of halogens is 1. The summed E-state index contributed by atoms with van der Waals surface area (Å²) in [6, 6.07) is 0. The number of hydrogen-bond donors (Lipinski definition) is 0. The van der Waals surface area contributed by atoms with Crippen molar-refractivity contribution in [1.82, 2.24) is 0 Å². The minimum absolute atomic E-state index is 0. The maximum Gasteiger partial charge on any atom is 2.00 e. The summed E-state index contributed by atoms with van der Waals surface area (Å²) in [4.78, 5) is 0. The number of ether oxygens (including phenoxy) is 1. The van der Waals surface area contributed by atoms with E-state index in [1.807, 2.05) is 0 Å². The molecule has 0 atom stereocenters. The van der Waals surface area contributed by atoms with Crippen molar-refractivity contribution in [3.8, 4) is 0 Å². The van der Waals surface area contributed by atoms with Gasteiger partial charge < -0.3 is 23.6 Å². The summed E-state index contributed by atoms with van der Waals surface area (Å²) in [5.41, 5.74) is 0. The van der Waals surface area contributed by atoms with Crippen LogP contribution in [0.15, 0.2) is 0 Å². The van der Waals surface area contributed by atoms with Crippen LogP contribution < -0.4 is 12.4 Å². The second-order valence-corrected chi connectivity index (χ2v) is 2.19. The first-order chi connectivity index (χ1) is 4.00. The smallest absolute Gasteiger partial charge is 1.00 e. The second kappa shape index (κ2) is 9.87. The van der Waals surface area contributed by atoms with Gasteiger partial charge in [-0.25, -0.2) is 12.8 Å². The standard InChI is InChI=1S/C4H8O.C3H5.ClH.Zn/c1-2-4-5-3-1;1-2-3-1;;/h1-4H2;1H,2-3H2;1H;/q;-1;;+2/p-1. The van der Waals surface area contributed by atoms with Gasteiger partial charge in [-0.05, 0) is 12.8 Å². The van der Waals surface area contributed by atoms with Crippen LogP contribution in [0.25, 0.3) is 0 Å². The van der Waals surface area contributed by atoms with E-state index in [1.165, 1.54) is 25.7 Å². The summed E-state index contributed by atoms with van der Waals surface area (Å²) in [7, 11) is 0. The van der Waals surface area contributed by atoms with Gasteiger partial charge in [-0.2, -0.15) is 0 Å². The minimum atomic E-state index is 0. The van der Waals surface area contributed by atoms with Gasteiger partial charge in [-0.15, -0.1) is 0 Å². The van der Waals surface area contributed by atoms with Gasteiger partial charge in [0.1, 0.15) is 0 Å². The third-order valence-electron chi connectivity index (χ3n) is 1.12. The van der Waals surface area contributed by atoms with Crippen molar-refractivity contribution in [2.45, 2.75) is 25.7 Å². The van der Waals surface area contributed by atoms with Gasteiger partial charge in [0.2, 0.25) is 0 Å². The minimum Gasteiger partial charge on any atom is -1.00 e. The molecule has 0 aromatic heterocycles. The molecule has 56 valence electrons. The molecule has 2 aliphatic rings. The molecule has 0 amide bonds.